The van der Waals surface area contributed by atoms with Crippen LogP contribution in [0.25, 0.3) is 0 Å². The maximum absolute atomic E-state index is 14.6. The van der Waals surface area contributed by atoms with Gasteiger partial charge in [-0.15, -0.1) is 0 Å². The molecule has 8 nitrogen and oxygen atoms in total. The Balaban J connectivity index is 1.66. The number of hydrazone groups is 1. The van der Waals surface area contributed by atoms with E-state index in [1.165, 1.54) is 11.0 Å². The van der Waals surface area contributed by atoms with Crippen molar-refractivity contribution in [3.05, 3.63) is 24.0 Å². The van der Waals surface area contributed by atoms with Gasteiger partial charge in [0, 0.05) is 13.6 Å². The lowest BCUT2D eigenvalue weighted by molar-refractivity contribution is -0.119. The zero-order valence-corrected chi connectivity index (χ0v) is 16.0. The van der Waals surface area contributed by atoms with E-state index in [9.17, 15) is 14.0 Å². The van der Waals surface area contributed by atoms with Crippen molar-refractivity contribution < 1.29 is 18.7 Å². The molecule has 1 saturated heterocycles. The number of amides is 2. The van der Waals surface area contributed by atoms with Gasteiger partial charge in [0.05, 0.1) is 31.0 Å². The minimum absolute atomic E-state index is 0.0648. The van der Waals surface area contributed by atoms with Crippen molar-refractivity contribution in [2.75, 3.05) is 43.0 Å². The van der Waals surface area contributed by atoms with Crippen LogP contribution in [-0.4, -0.2) is 67.5 Å². The predicted molar refractivity (Wildman–Crippen MR) is 101 cm³/mol. The smallest absolute Gasteiger partial charge is 0.414 e. The van der Waals surface area contributed by atoms with E-state index < -0.39 is 28.8 Å². The van der Waals surface area contributed by atoms with E-state index >= 15 is 0 Å². The minimum atomic E-state index is -1.20. The predicted octanol–water partition coefficient (Wildman–Crippen LogP) is 1.77. The van der Waals surface area contributed by atoms with E-state index in [1.807, 2.05) is 7.05 Å². The zero-order chi connectivity index (χ0) is 19.6. The Morgan fingerprint density at radius 1 is 1.44 bits per heavy atom. The SMILES string of the molecule is CN1CCN(c2ccc(N3CC(CNC(=O)C(Cl)Cl)OC3=O)cc2F)C=N1. The molecule has 0 radical (unpaired) electrons. The molecule has 0 saturated carbocycles. The number of alkyl halides is 2. The van der Waals surface area contributed by atoms with Crippen LogP contribution < -0.4 is 15.1 Å². The van der Waals surface area contributed by atoms with Crippen molar-refractivity contribution in [1.82, 2.24) is 10.3 Å². The molecular weight excluding hydrogens is 400 g/mol. The van der Waals surface area contributed by atoms with Gasteiger partial charge in [-0.1, -0.05) is 23.2 Å². The van der Waals surface area contributed by atoms with Gasteiger partial charge in [-0.3, -0.25) is 14.7 Å². The number of carbonyl (C=O) groups excluding carboxylic acids is 2. The van der Waals surface area contributed by atoms with Crippen molar-refractivity contribution in [2.45, 2.75) is 10.9 Å². The first-order valence-corrected chi connectivity index (χ1v) is 9.08. The fourth-order valence-electron chi connectivity index (χ4n) is 2.73. The molecule has 1 atom stereocenters. The normalized spacial score (nSPS) is 19.7. The number of rotatable bonds is 5. The van der Waals surface area contributed by atoms with Gasteiger partial charge in [-0.2, -0.15) is 5.10 Å². The molecule has 1 aromatic rings. The number of likely N-dealkylation sites (N-methyl/N-ethyl adjacent to an activating group) is 1. The Morgan fingerprint density at radius 3 is 2.85 bits per heavy atom. The molecule has 27 heavy (non-hydrogen) atoms. The summed E-state index contributed by atoms with van der Waals surface area (Å²) in [7, 11) is 1.84. The number of nitrogens with one attached hydrogen (secondary N) is 1. The van der Waals surface area contributed by atoms with Gasteiger partial charge in [0.2, 0.25) is 0 Å². The number of anilines is 2. The van der Waals surface area contributed by atoms with Crippen LogP contribution in [0.15, 0.2) is 23.3 Å². The van der Waals surface area contributed by atoms with Crippen LogP contribution in [0, 0.1) is 5.82 Å². The summed E-state index contributed by atoms with van der Waals surface area (Å²) in [5.41, 5.74) is 0.746. The number of benzene rings is 1. The number of cyclic esters (lactones) is 1. The monoisotopic (exact) mass is 417 g/mol. The second-order valence-electron chi connectivity index (χ2n) is 6.10. The molecular formula is C16H18Cl2FN5O3. The summed E-state index contributed by atoms with van der Waals surface area (Å²) in [5.74, 6) is -1.04. The number of halogens is 3. The molecule has 1 fully saturated rings. The Bertz CT molecular complexity index is 764. The van der Waals surface area contributed by atoms with Gasteiger partial charge in [0.1, 0.15) is 18.3 Å². The lowest BCUT2D eigenvalue weighted by atomic mass is 10.2. The Kier molecular flexibility index (Phi) is 5.91. The molecule has 0 spiro atoms. The molecule has 2 amide bonds. The third kappa shape index (κ3) is 4.54. The molecule has 0 bridgehead atoms. The number of ether oxygens (including phenoxy) is 1. The number of nitrogens with zero attached hydrogens (tertiary/aromatic N) is 4. The highest BCUT2D eigenvalue weighted by molar-refractivity contribution is 6.53. The highest BCUT2D eigenvalue weighted by atomic mass is 35.5. The molecule has 11 heteroatoms. The van der Waals surface area contributed by atoms with Crippen LogP contribution in [0.2, 0.25) is 0 Å². The molecule has 2 aliphatic heterocycles. The van der Waals surface area contributed by atoms with E-state index in [-0.39, 0.29) is 13.1 Å². The van der Waals surface area contributed by atoms with Crippen molar-refractivity contribution >= 4 is 52.9 Å². The lowest BCUT2D eigenvalue weighted by Gasteiger charge is -2.28. The highest BCUT2D eigenvalue weighted by Gasteiger charge is 2.33. The first kappa shape index (κ1) is 19.5. The summed E-state index contributed by atoms with van der Waals surface area (Å²) in [6.45, 7) is 1.51. The lowest BCUT2D eigenvalue weighted by Crippen LogP contribution is -2.37. The van der Waals surface area contributed by atoms with Crippen LogP contribution in [0.1, 0.15) is 0 Å². The van der Waals surface area contributed by atoms with Gasteiger partial charge in [0.25, 0.3) is 5.91 Å². The van der Waals surface area contributed by atoms with Gasteiger partial charge in [0.15, 0.2) is 4.84 Å². The molecule has 3 rings (SSSR count). The highest BCUT2D eigenvalue weighted by Crippen LogP contribution is 2.28. The van der Waals surface area contributed by atoms with Crippen LogP contribution in [0.3, 0.4) is 0 Å². The maximum atomic E-state index is 14.6. The molecule has 2 heterocycles. The molecule has 146 valence electrons. The van der Waals surface area contributed by atoms with E-state index in [0.29, 0.717) is 24.5 Å². The van der Waals surface area contributed by atoms with Crippen molar-refractivity contribution in [1.29, 1.82) is 0 Å². The van der Waals surface area contributed by atoms with Crippen LogP contribution in [0.5, 0.6) is 0 Å². The third-order valence-corrected chi connectivity index (χ3v) is 4.58. The third-order valence-electron chi connectivity index (χ3n) is 4.18. The fraction of sp³-hybridized carbons (Fsp3) is 0.438. The molecule has 1 unspecified atom stereocenters. The van der Waals surface area contributed by atoms with Crippen LogP contribution >= 0.6 is 23.2 Å². The van der Waals surface area contributed by atoms with E-state index in [0.717, 1.165) is 0 Å². The van der Waals surface area contributed by atoms with Gasteiger partial charge < -0.3 is 15.0 Å². The summed E-state index contributed by atoms with van der Waals surface area (Å²) in [4.78, 5) is 25.3. The molecule has 0 aliphatic carbocycles. The molecule has 0 aromatic heterocycles. The number of hydrogen-bond donors (Lipinski definition) is 1. The molecule has 1 aromatic carbocycles. The number of carbonyl (C=O) groups is 2. The minimum Gasteiger partial charge on any atom is -0.442 e. The van der Waals surface area contributed by atoms with Crippen molar-refractivity contribution in [3.8, 4) is 0 Å². The Morgan fingerprint density at radius 2 is 2.22 bits per heavy atom. The fourth-order valence-corrected chi connectivity index (χ4v) is 2.88. The van der Waals surface area contributed by atoms with Crippen molar-refractivity contribution in [2.24, 2.45) is 5.10 Å². The van der Waals surface area contributed by atoms with E-state index in [4.69, 9.17) is 27.9 Å². The van der Waals surface area contributed by atoms with E-state index in [1.54, 1.807) is 28.4 Å². The Labute approximate surface area is 165 Å². The van der Waals surface area contributed by atoms with Gasteiger partial charge in [-0.05, 0) is 18.2 Å². The quantitative estimate of drug-likeness (QED) is 0.738. The first-order valence-electron chi connectivity index (χ1n) is 8.20. The summed E-state index contributed by atoms with van der Waals surface area (Å²) < 4.78 is 19.8. The summed E-state index contributed by atoms with van der Waals surface area (Å²) >= 11 is 10.9. The van der Waals surface area contributed by atoms with Crippen LogP contribution in [0.4, 0.5) is 20.6 Å². The summed E-state index contributed by atoms with van der Waals surface area (Å²) in [6.07, 6.45) is 0.364. The zero-order valence-electron chi connectivity index (χ0n) is 14.4. The Hall–Kier alpha value is -2.26. The van der Waals surface area contributed by atoms with Crippen LogP contribution in [-0.2, 0) is 9.53 Å². The second-order valence-corrected chi connectivity index (χ2v) is 7.20. The summed E-state index contributed by atoms with van der Waals surface area (Å²) in [5, 5.41) is 8.37. The second kappa shape index (κ2) is 8.18. The average molecular weight is 418 g/mol. The standard InChI is InChI=1S/C16H18Cl2FN5O3/c1-22-4-5-23(9-21-22)13-3-2-10(6-12(13)19)24-8-11(27-16(24)26)7-20-15(25)14(17)18/h2-3,6,9,11,14H,4-5,7-8H2,1H3,(H,20,25). The van der Waals surface area contributed by atoms with Crippen molar-refractivity contribution in [3.63, 3.8) is 0 Å². The van der Waals surface area contributed by atoms with E-state index in [2.05, 4.69) is 10.4 Å². The first-order chi connectivity index (χ1) is 12.8. The summed E-state index contributed by atoms with van der Waals surface area (Å²) in [6, 6.07) is 4.51. The van der Waals surface area contributed by atoms with Gasteiger partial charge >= 0.3 is 6.09 Å². The number of hydrogen-bond acceptors (Lipinski definition) is 6. The van der Waals surface area contributed by atoms with Gasteiger partial charge in [-0.25, -0.2) is 9.18 Å². The average Bonchev–Trinajstić information content (AvgIpc) is 3.01. The largest absolute Gasteiger partial charge is 0.442 e. The topological polar surface area (TPSA) is 77.5 Å². The molecule has 1 N–H and O–H groups in total. The maximum Gasteiger partial charge on any atom is 0.414 e. The molecule has 2 aliphatic rings.